The van der Waals surface area contributed by atoms with Gasteiger partial charge in [0.05, 0.1) is 19.9 Å². The smallest absolute Gasteiger partial charge is 0.271 e. The van der Waals surface area contributed by atoms with Crippen LogP contribution in [-0.2, 0) is 9.59 Å². The van der Waals surface area contributed by atoms with Crippen molar-refractivity contribution in [2.45, 2.75) is 6.92 Å². The van der Waals surface area contributed by atoms with Crippen LogP contribution >= 0.6 is 0 Å². The van der Waals surface area contributed by atoms with Crippen molar-refractivity contribution in [2.75, 3.05) is 20.8 Å². The maximum Gasteiger partial charge on any atom is 0.271 e. The zero-order valence-corrected chi connectivity index (χ0v) is 20.2. The van der Waals surface area contributed by atoms with Crippen LogP contribution in [0, 0.1) is 11.3 Å². The molecule has 1 aliphatic rings. The first-order valence-electron chi connectivity index (χ1n) is 11.1. The Hall–Kier alpha value is -4.90. The van der Waals surface area contributed by atoms with E-state index >= 15 is 0 Å². The first-order valence-corrected chi connectivity index (χ1v) is 11.1. The van der Waals surface area contributed by atoms with Gasteiger partial charge in [0.15, 0.2) is 11.5 Å². The van der Waals surface area contributed by atoms with Crippen LogP contribution in [0.2, 0.25) is 0 Å². The summed E-state index contributed by atoms with van der Waals surface area (Å²) in [6.07, 6.45) is 4.91. The molecule has 0 saturated carbocycles. The first-order chi connectivity index (χ1) is 17.4. The van der Waals surface area contributed by atoms with Crippen LogP contribution in [0.25, 0.3) is 23.0 Å². The molecule has 2 heterocycles. The molecule has 180 valence electrons. The van der Waals surface area contributed by atoms with Gasteiger partial charge in [0.25, 0.3) is 11.8 Å². The fourth-order valence-corrected chi connectivity index (χ4v) is 3.99. The summed E-state index contributed by atoms with van der Waals surface area (Å²) in [5, 5.41) is 14.4. The maximum absolute atomic E-state index is 13.3. The van der Waals surface area contributed by atoms with Gasteiger partial charge in [0, 0.05) is 29.4 Å². The Balaban J connectivity index is 1.95. The van der Waals surface area contributed by atoms with E-state index in [1.54, 1.807) is 50.2 Å². The van der Waals surface area contributed by atoms with Crippen molar-refractivity contribution < 1.29 is 19.1 Å². The molecule has 0 unspecified atom stereocenters. The second kappa shape index (κ2) is 10.2. The van der Waals surface area contributed by atoms with E-state index in [0.29, 0.717) is 28.3 Å². The average molecular weight is 481 g/mol. The monoisotopic (exact) mass is 480 g/mol. The fraction of sp³-hybridized carbons (Fsp3) is 0.143. The average Bonchev–Trinajstić information content (AvgIpc) is 3.33. The van der Waals surface area contributed by atoms with Crippen LogP contribution in [-0.4, -0.2) is 47.3 Å². The fourth-order valence-electron chi connectivity index (χ4n) is 3.99. The number of amides is 2. The third kappa shape index (κ3) is 4.30. The number of nitriles is 1. The summed E-state index contributed by atoms with van der Waals surface area (Å²) in [7, 11) is 3.11. The first kappa shape index (κ1) is 24.2. The molecule has 0 aliphatic carbocycles. The lowest BCUT2D eigenvalue weighted by molar-refractivity contribution is -0.139. The van der Waals surface area contributed by atoms with E-state index in [1.165, 1.54) is 6.08 Å². The van der Waals surface area contributed by atoms with Crippen molar-refractivity contribution in [1.82, 2.24) is 14.7 Å². The normalized spacial score (nSPS) is 14.7. The Morgan fingerprint density at radius 2 is 1.78 bits per heavy atom. The minimum atomic E-state index is -0.628. The van der Waals surface area contributed by atoms with Crippen molar-refractivity contribution >= 4 is 17.9 Å². The van der Waals surface area contributed by atoms with E-state index in [9.17, 15) is 14.9 Å². The van der Waals surface area contributed by atoms with Gasteiger partial charge in [0.1, 0.15) is 17.3 Å². The summed E-state index contributed by atoms with van der Waals surface area (Å²) in [5.74, 6) is -0.0244. The predicted octanol–water partition coefficient (Wildman–Crippen LogP) is 4.33. The number of carbonyl (C=O) groups excluding carboxylic acids is 2. The zero-order chi connectivity index (χ0) is 25.8. The molecule has 0 saturated heterocycles. The number of imide groups is 1. The molecule has 8 heteroatoms. The van der Waals surface area contributed by atoms with Crippen LogP contribution in [0.5, 0.6) is 11.5 Å². The van der Waals surface area contributed by atoms with E-state index in [2.05, 4.69) is 6.58 Å². The maximum atomic E-state index is 13.3. The summed E-state index contributed by atoms with van der Waals surface area (Å²) < 4.78 is 12.5. The molecule has 2 amide bonds. The van der Waals surface area contributed by atoms with Crippen LogP contribution in [0.15, 0.2) is 84.1 Å². The molecule has 4 rings (SSSR count). The number of ether oxygens (including phenoxy) is 2. The van der Waals surface area contributed by atoms with E-state index in [4.69, 9.17) is 14.6 Å². The molecule has 0 radical (unpaired) electrons. The van der Waals surface area contributed by atoms with E-state index < -0.39 is 11.8 Å². The Labute approximate surface area is 209 Å². The SMILES string of the molecule is C=CCN1C(=O)C(C#N)=C(C)/C(=C\c2cn(-c3ccccc3)nc2-c2ccc(OC)c(OC)c2)C1=O. The molecule has 0 bridgehead atoms. The summed E-state index contributed by atoms with van der Waals surface area (Å²) in [6, 6.07) is 16.9. The highest BCUT2D eigenvalue weighted by Crippen LogP contribution is 2.35. The number of nitrogens with zero attached hydrogens (tertiary/aromatic N) is 4. The minimum Gasteiger partial charge on any atom is -0.493 e. The second-order valence-electron chi connectivity index (χ2n) is 7.96. The van der Waals surface area contributed by atoms with Gasteiger partial charge in [-0.2, -0.15) is 10.4 Å². The predicted molar refractivity (Wildman–Crippen MR) is 135 cm³/mol. The molecule has 1 aliphatic heterocycles. The second-order valence-corrected chi connectivity index (χ2v) is 7.96. The van der Waals surface area contributed by atoms with Crippen LogP contribution in [0.3, 0.4) is 0 Å². The third-order valence-corrected chi connectivity index (χ3v) is 5.86. The van der Waals surface area contributed by atoms with Crippen molar-refractivity contribution in [3.05, 3.63) is 89.7 Å². The van der Waals surface area contributed by atoms with Gasteiger partial charge in [-0.1, -0.05) is 24.3 Å². The number of carbonyl (C=O) groups is 2. The van der Waals surface area contributed by atoms with Crippen molar-refractivity contribution in [1.29, 1.82) is 5.26 Å². The summed E-state index contributed by atoms with van der Waals surface area (Å²) in [4.78, 5) is 27.0. The van der Waals surface area contributed by atoms with E-state index in [1.807, 2.05) is 42.5 Å². The van der Waals surface area contributed by atoms with Gasteiger partial charge < -0.3 is 9.47 Å². The molecule has 3 aromatic rings. The summed E-state index contributed by atoms with van der Waals surface area (Å²) in [6.45, 7) is 5.22. The lowest BCUT2D eigenvalue weighted by Gasteiger charge is -2.26. The number of para-hydroxylation sites is 1. The third-order valence-electron chi connectivity index (χ3n) is 5.86. The molecule has 0 fully saturated rings. The number of benzene rings is 2. The molecular formula is C28H24N4O4. The molecule has 2 aromatic carbocycles. The summed E-state index contributed by atoms with van der Waals surface area (Å²) in [5.41, 5.74) is 3.25. The van der Waals surface area contributed by atoms with E-state index in [-0.39, 0.29) is 17.7 Å². The Bertz CT molecular complexity index is 1460. The van der Waals surface area contributed by atoms with Crippen molar-refractivity contribution in [3.63, 3.8) is 0 Å². The number of aromatic nitrogens is 2. The van der Waals surface area contributed by atoms with Crippen LogP contribution < -0.4 is 9.47 Å². The highest BCUT2D eigenvalue weighted by molar-refractivity contribution is 6.19. The van der Waals surface area contributed by atoms with Gasteiger partial charge in [-0.3, -0.25) is 14.5 Å². The van der Waals surface area contributed by atoms with E-state index in [0.717, 1.165) is 16.2 Å². The van der Waals surface area contributed by atoms with Crippen molar-refractivity contribution in [2.24, 2.45) is 0 Å². The van der Waals surface area contributed by atoms with Crippen molar-refractivity contribution in [3.8, 4) is 34.5 Å². The Morgan fingerprint density at radius 3 is 2.42 bits per heavy atom. The Morgan fingerprint density at radius 1 is 1.06 bits per heavy atom. The van der Waals surface area contributed by atoms with Crippen LogP contribution in [0.1, 0.15) is 12.5 Å². The molecule has 1 aromatic heterocycles. The topological polar surface area (TPSA) is 97.5 Å². The zero-order valence-electron chi connectivity index (χ0n) is 20.2. The number of hydrogen-bond acceptors (Lipinski definition) is 6. The largest absolute Gasteiger partial charge is 0.493 e. The highest BCUT2D eigenvalue weighted by atomic mass is 16.5. The highest BCUT2D eigenvalue weighted by Gasteiger charge is 2.35. The molecule has 0 spiro atoms. The lowest BCUT2D eigenvalue weighted by Crippen LogP contribution is -2.42. The van der Waals surface area contributed by atoms with Crippen LogP contribution in [0.4, 0.5) is 0 Å². The van der Waals surface area contributed by atoms with Gasteiger partial charge in [-0.25, -0.2) is 4.68 Å². The molecular weight excluding hydrogens is 456 g/mol. The quantitative estimate of drug-likeness (QED) is 0.284. The van der Waals surface area contributed by atoms with Gasteiger partial charge in [0.2, 0.25) is 0 Å². The number of methoxy groups -OCH3 is 2. The number of rotatable bonds is 7. The Kier molecular flexibility index (Phi) is 6.84. The lowest BCUT2D eigenvalue weighted by atomic mass is 9.93. The molecule has 36 heavy (non-hydrogen) atoms. The molecule has 0 atom stereocenters. The summed E-state index contributed by atoms with van der Waals surface area (Å²) >= 11 is 0. The number of hydrogen-bond donors (Lipinski definition) is 0. The van der Waals surface area contributed by atoms with Gasteiger partial charge >= 0.3 is 0 Å². The van der Waals surface area contributed by atoms with Gasteiger partial charge in [-0.15, -0.1) is 6.58 Å². The minimum absolute atomic E-state index is 0.000715. The molecule has 8 nitrogen and oxygen atoms in total. The van der Waals surface area contributed by atoms with Gasteiger partial charge in [-0.05, 0) is 48.9 Å². The molecule has 0 N–H and O–H groups in total. The standard InChI is InChI=1S/C28H24N4O4/c1-5-13-31-27(33)22(18(2)23(16-29)28(31)34)14-20-17-32(21-9-7-6-8-10-21)30-26(20)19-11-12-24(35-3)25(15-19)36-4/h5-12,14-15,17H,1,13H2,2-4H3/b22-14+.